The summed E-state index contributed by atoms with van der Waals surface area (Å²) in [6.45, 7) is 0. The van der Waals surface area contributed by atoms with Crippen molar-refractivity contribution >= 4 is 74.9 Å². The summed E-state index contributed by atoms with van der Waals surface area (Å²) in [7, 11) is 0. The molecule has 8 aromatic carbocycles. The first-order valence-electron chi connectivity index (χ1n) is 15.9. The lowest BCUT2D eigenvalue weighted by Crippen LogP contribution is -1.92. The number of aromatic nitrogens is 2. The zero-order valence-corrected chi connectivity index (χ0v) is 26.1. The minimum absolute atomic E-state index is 0.876. The van der Waals surface area contributed by atoms with Crippen molar-refractivity contribution in [1.29, 1.82) is 0 Å². The van der Waals surface area contributed by atoms with Crippen LogP contribution in [0.4, 0.5) is 0 Å². The van der Waals surface area contributed by atoms with E-state index in [1.165, 1.54) is 64.0 Å². The lowest BCUT2D eigenvalue weighted by Gasteiger charge is -2.11. The van der Waals surface area contributed by atoms with E-state index < -0.39 is 0 Å². The van der Waals surface area contributed by atoms with Gasteiger partial charge in [-0.2, -0.15) is 0 Å². The Morgan fingerprint density at radius 3 is 1.70 bits per heavy atom. The zero-order chi connectivity index (χ0) is 30.9. The van der Waals surface area contributed by atoms with Crippen molar-refractivity contribution in [3.63, 3.8) is 0 Å². The van der Waals surface area contributed by atoms with Crippen molar-refractivity contribution < 1.29 is 0 Å². The highest BCUT2D eigenvalue weighted by atomic mass is 32.1. The van der Waals surface area contributed by atoms with Crippen molar-refractivity contribution in [2.45, 2.75) is 0 Å². The van der Waals surface area contributed by atoms with E-state index in [0.29, 0.717) is 0 Å². The number of thiophene rings is 1. The summed E-state index contributed by atoms with van der Waals surface area (Å²) in [5.41, 5.74) is 8.79. The molecule has 0 saturated carbocycles. The van der Waals surface area contributed by atoms with Gasteiger partial charge in [-0.25, -0.2) is 4.98 Å². The van der Waals surface area contributed by atoms with Crippen LogP contribution in [-0.2, 0) is 0 Å². The number of rotatable bonds is 3. The third-order valence-corrected chi connectivity index (χ3v) is 10.8. The van der Waals surface area contributed by atoms with Crippen LogP contribution in [0.1, 0.15) is 0 Å². The molecule has 0 fully saturated rings. The molecule has 3 heteroatoms. The van der Waals surface area contributed by atoms with Crippen LogP contribution in [-0.4, -0.2) is 9.97 Å². The minimum Gasteiger partial charge on any atom is -0.252 e. The van der Waals surface area contributed by atoms with Gasteiger partial charge in [0.15, 0.2) is 0 Å². The molecule has 0 spiro atoms. The summed E-state index contributed by atoms with van der Waals surface area (Å²) in [6, 6.07) is 54.5. The van der Waals surface area contributed by atoms with E-state index in [1.54, 1.807) is 0 Å². The first kappa shape index (κ1) is 26.3. The van der Waals surface area contributed by atoms with Crippen LogP contribution in [0.25, 0.3) is 97.0 Å². The van der Waals surface area contributed by atoms with Gasteiger partial charge < -0.3 is 0 Å². The average molecular weight is 615 g/mol. The van der Waals surface area contributed by atoms with Crippen LogP contribution < -0.4 is 0 Å². The van der Waals surface area contributed by atoms with E-state index in [2.05, 4.69) is 152 Å². The maximum absolute atomic E-state index is 5.27. The molecule has 0 radical (unpaired) electrons. The van der Waals surface area contributed by atoms with Crippen LogP contribution in [0.5, 0.6) is 0 Å². The molecule has 0 amide bonds. The summed E-state index contributed by atoms with van der Waals surface area (Å²) < 4.78 is 2.62. The molecule has 0 atom stereocenters. The lowest BCUT2D eigenvalue weighted by molar-refractivity contribution is 1.31. The fourth-order valence-electron chi connectivity index (χ4n) is 7.33. The SMILES string of the molecule is c1cc(-c2cnc3c4ccccc4c4ccccc4c3n2)cc(-c2cccc3c2sc2c(-c4cccc5ccccc45)cccc23)c1. The maximum atomic E-state index is 5.27. The molecule has 0 N–H and O–H groups in total. The second-order valence-electron chi connectivity index (χ2n) is 12.1. The van der Waals surface area contributed by atoms with Crippen molar-refractivity contribution in [1.82, 2.24) is 9.97 Å². The van der Waals surface area contributed by atoms with E-state index in [0.717, 1.165) is 33.1 Å². The molecule has 218 valence electrons. The number of benzene rings is 8. The van der Waals surface area contributed by atoms with Gasteiger partial charge in [0, 0.05) is 42.1 Å². The summed E-state index contributed by atoms with van der Waals surface area (Å²) >= 11 is 1.89. The van der Waals surface area contributed by atoms with Crippen LogP contribution in [0, 0.1) is 0 Å². The van der Waals surface area contributed by atoms with Crippen LogP contribution in [0.15, 0.2) is 158 Å². The Morgan fingerprint density at radius 2 is 0.915 bits per heavy atom. The largest absolute Gasteiger partial charge is 0.252 e. The van der Waals surface area contributed by atoms with Crippen LogP contribution >= 0.6 is 11.3 Å². The van der Waals surface area contributed by atoms with Gasteiger partial charge in [0.1, 0.15) is 0 Å². The molecular formula is C44H26N2S. The zero-order valence-electron chi connectivity index (χ0n) is 25.3. The molecule has 0 aliphatic rings. The quantitative estimate of drug-likeness (QED) is 0.185. The molecule has 10 aromatic rings. The Hall–Kier alpha value is -5.90. The molecule has 10 rings (SSSR count). The maximum Gasteiger partial charge on any atom is 0.0979 e. The number of hydrogen-bond acceptors (Lipinski definition) is 3. The first-order chi connectivity index (χ1) is 23.3. The molecule has 0 bridgehead atoms. The predicted molar refractivity (Wildman–Crippen MR) is 201 cm³/mol. The second kappa shape index (κ2) is 10.3. The first-order valence-corrected chi connectivity index (χ1v) is 16.7. The average Bonchev–Trinajstić information content (AvgIpc) is 3.54. The van der Waals surface area contributed by atoms with Gasteiger partial charge >= 0.3 is 0 Å². The summed E-state index contributed by atoms with van der Waals surface area (Å²) in [6.07, 6.45) is 1.93. The van der Waals surface area contributed by atoms with Crippen LogP contribution in [0.2, 0.25) is 0 Å². The fourth-order valence-corrected chi connectivity index (χ4v) is 8.69. The van der Waals surface area contributed by atoms with Crippen LogP contribution in [0.3, 0.4) is 0 Å². The summed E-state index contributed by atoms with van der Waals surface area (Å²) in [4.78, 5) is 10.3. The van der Waals surface area contributed by atoms with E-state index >= 15 is 0 Å². The van der Waals surface area contributed by atoms with Gasteiger partial charge in [0.25, 0.3) is 0 Å². The third-order valence-electron chi connectivity index (χ3n) is 9.50. The molecular weight excluding hydrogens is 589 g/mol. The summed E-state index contributed by atoms with van der Waals surface area (Å²) in [5.74, 6) is 0. The molecule has 2 aromatic heterocycles. The number of nitrogens with zero attached hydrogens (tertiary/aromatic N) is 2. The highest BCUT2D eigenvalue weighted by molar-refractivity contribution is 7.26. The van der Waals surface area contributed by atoms with Gasteiger partial charge in [-0.1, -0.05) is 146 Å². The Balaban J connectivity index is 1.15. The smallest absolute Gasteiger partial charge is 0.0979 e. The van der Waals surface area contributed by atoms with Crippen molar-refractivity contribution in [2.24, 2.45) is 0 Å². The number of fused-ring (bicyclic) bond motifs is 10. The number of hydrogen-bond donors (Lipinski definition) is 0. The molecule has 0 aliphatic heterocycles. The Bertz CT molecular complexity index is 2820. The van der Waals surface area contributed by atoms with Crippen molar-refractivity contribution in [2.75, 3.05) is 0 Å². The third kappa shape index (κ3) is 4.04. The van der Waals surface area contributed by atoms with E-state index in [1.807, 2.05) is 17.5 Å². The van der Waals surface area contributed by atoms with E-state index in [-0.39, 0.29) is 0 Å². The highest BCUT2D eigenvalue weighted by Crippen LogP contribution is 2.45. The highest BCUT2D eigenvalue weighted by Gasteiger charge is 2.16. The Morgan fingerprint density at radius 1 is 0.383 bits per heavy atom. The van der Waals surface area contributed by atoms with Crippen molar-refractivity contribution in [3.8, 4) is 33.5 Å². The fraction of sp³-hybridized carbons (Fsp3) is 0. The second-order valence-corrected chi connectivity index (χ2v) is 13.1. The normalized spacial score (nSPS) is 11.8. The molecule has 2 heterocycles. The van der Waals surface area contributed by atoms with Gasteiger partial charge in [0.05, 0.1) is 22.9 Å². The van der Waals surface area contributed by atoms with Gasteiger partial charge in [-0.05, 0) is 44.3 Å². The van der Waals surface area contributed by atoms with Crippen molar-refractivity contribution in [3.05, 3.63) is 158 Å². The van der Waals surface area contributed by atoms with E-state index in [4.69, 9.17) is 9.97 Å². The van der Waals surface area contributed by atoms with Gasteiger partial charge in [-0.15, -0.1) is 11.3 Å². The van der Waals surface area contributed by atoms with Gasteiger partial charge in [-0.3, -0.25) is 4.98 Å². The standard InChI is InChI=1S/C44H26N2S/c1-2-15-30-27(11-1)12-8-21-32(30)37-22-10-24-39-38-23-9-20-31(43(38)47-44(37)39)28-13-7-14-29(25-28)40-26-45-41-35-18-5-3-16-33(35)34-17-4-6-19-36(34)42(41)46-40/h1-26H. The Labute approximate surface area is 275 Å². The lowest BCUT2D eigenvalue weighted by atomic mass is 9.96. The Kier molecular flexibility index (Phi) is 5.78. The molecule has 47 heavy (non-hydrogen) atoms. The topological polar surface area (TPSA) is 25.8 Å². The molecule has 0 unspecified atom stereocenters. The molecule has 0 saturated heterocycles. The molecule has 0 aliphatic carbocycles. The van der Waals surface area contributed by atoms with Gasteiger partial charge in [0.2, 0.25) is 0 Å². The van der Waals surface area contributed by atoms with E-state index in [9.17, 15) is 0 Å². The summed E-state index contributed by atoms with van der Waals surface area (Å²) in [5, 5.41) is 9.81. The minimum atomic E-state index is 0.876. The molecule has 2 nitrogen and oxygen atoms in total. The monoisotopic (exact) mass is 614 g/mol. The predicted octanol–water partition coefficient (Wildman–Crippen LogP) is 12.5.